The molecule has 3 atom stereocenters. The van der Waals surface area contributed by atoms with Crippen molar-refractivity contribution < 1.29 is 0 Å². The predicted octanol–water partition coefficient (Wildman–Crippen LogP) is 2.98. The van der Waals surface area contributed by atoms with Crippen molar-refractivity contribution in [3.8, 4) is 0 Å². The standard InChI is InChI=1S/C16H20N2/c1-10-7-16(2)12-4-3-5-13-15(12)11(9-17-13)6-14(16)18-8-10/h3-5,9-10,14,17-18H,6-8H2,1-2H3/t10-,14-,16-/m1/s1. The van der Waals surface area contributed by atoms with Gasteiger partial charge in [0.25, 0.3) is 0 Å². The summed E-state index contributed by atoms with van der Waals surface area (Å²) in [6.07, 6.45) is 4.67. The number of fused-ring (bicyclic) bond motifs is 2. The summed E-state index contributed by atoms with van der Waals surface area (Å²) in [4.78, 5) is 3.43. The highest BCUT2D eigenvalue weighted by atomic mass is 15.0. The van der Waals surface area contributed by atoms with Crippen LogP contribution < -0.4 is 5.32 Å². The van der Waals surface area contributed by atoms with Crippen molar-refractivity contribution in [2.24, 2.45) is 5.92 Å². The average Bonchev–Trinajstić information content (AvgIpc) is 2.76. The zero-order valence-electron chi connectivity index (χ0n) is 11.1. The lowest BCUT2D eigenvalue weighted by atomic mass is 9.63. The number of piperidine rings is 1. The van der Waals surface area contributed by atoms with Crippen LogP contribution in [0.2, 0.25) is 0 Å². The second-order valence-electron chi connectivity index (χ2n) is 6.43. The minimum Gasteiger partial charge on any atom is -0.361 e. The van der Waals surface area contributed by atoms with Gasteiger partial charge in [-0.1, -0.05) is 26.0 Å². The van der Waals surface area contributed by atoms with E-state index in [0.29, 0.717) is 11.5 Å². The molecule has 1 aromatic heterocycles. The van der Waals surface area contributed by atoms with E-state index in [-0.39, 0.29) is 0 Å². The molecule has 1 aliphatic heterocycles. The van der Waals surface area contributed by atoms with Crippen LogP contribution in [-0.2, 0) is 11.8 Å². The van der Waals surface area contributed by atoms with Crippen LogP contribution in [0.3, 0.4) is 0 Å². The second-order valence-corrected chi connectivity index (χ2v) is 6.43. The van der Waals surface area contributed by atoms with Crippen molar-refractivity contribution in [3.63, 3.8) is 0 Å². The summed E-state index contributed by atoms with van der Waals surface area (Å²) in [6.45, 7) is 5.97. The van der Waals surface area contributed by atoms with Crippen LogP contribution in [-0.4, -0.2) is 17.6 Å². The van der Waals surface area contributed by atoms with Gasteiger partial charge in [0.1, 0.15) is 0 Å². The van der Waals surface area contributed by atoms with Crippen LogP contribution in [0.25, 0.3) is 10.9 Å². The molecular weight excluding hydrogens is 220 g/mol. The van der Waals surface area contributed by atoms with Gasteiger partial charge >= 0.3 is 0 Å². The Morgan fingerprint density at radius 3 is 3.11 bits per heavy atom. The molecule has 0 saturated carbocycles. The average molecular weight is 240 g/mol. The van der Waals surface area contributed by atoms with Gasteiger partial charge in [-0.3, -0.25) is 0 Å². The van der Waals surface area contributed by atoms with Crippen LogP contribution >= 0.6 is 0 Å². The molecule has 4 rings (SSSR count). The van der Waals surface area contributed by atoms with Crippen molar-refractivity contribution in [3.05, 3.63) is 35.5 Å². The van der Waals surface area contributed by atoms with Crippen LogP contribution in [0.15, 0.2) is 24.4 Å². The Bertz CT molecular complexity index is 613. The van der Waals surface area contributed by atoms with E-state index in [9.17, 15) is 0 Å². The molecule has 2 nitrogen and oxygen atoms in total. The minimum atomic E-state index is 0.298. The Kier molecular flexibility index (Phi) is 2.00. The number of hydrogen-bond donors (Lipinski definition) is 2. The maximum Gasteiger partial charge on any atom is 0.0459 e. The molecule has 94 valence electrons. The fourth-order valence-corrected chi connectivity index (χ4v) is 4.21. The van der Waals surface area contributed by atoms with Gasteiger partial charge in [0, 0.05) is 28.6 Å². The van der Waals surface area contributed by atoms with E-state index in [4.69, 9.17) is 0 Å². The number of hydrogen-bond acceptors (Lipinski definition) is 1. The van der Waals surface area contributed by atoms with Gasteiger partial charge in [0.15, 0.2) is 0 Å². The maximum absolute atomic E-state index is 3.77. The van der Waals surface area contributed by atoms with E-state index in [2.05, 4.69) is 48.5 Å². The van der Waals surface area contributed by atoms with Crippen LogP contribution in [0.1, 0.15) is 31.4 Å². The van der Waals surface area contributed by atoms with Gasteiger partial charge in [-0.15, -0.1) is 0 Å². The highest BCUT2D eigenvalue weighted by molar-refractivity contribution is 5.89. The molecule has 1 aromatic carbocycles. The van der Waals surface area contributed by atoms with E-state index in [1.165, 1.54) is 29.3 Å². The summed E-state index contributed by atoms with van der Waals surface area (Å²) < 4.78 is 0. The van der Waals surface area contributed by atoms with Gasteiger partial charge in [-0.05, 0) is 42.5 Å². The lowest BCUT2D eigenvalue weighted by Gasteiger charge is -2.48. The van der Waals surface area contributed by atoms with Crippen molar-refractivity contribution >= 4 is 10.9 Å². The Hall–Kier alpha value is -1.28. The Morgan fingerprint density at radius 1 is 1.33 bits per heavy atom. The summed E-state index contributed by atoms with van der Waals surface area (Å²) in [5.41, 5.74) is 4.64. The SMILES string of the molecule is C[C@H]1CN[C@@H]2Cc3c[nH]c4cccc(c34)[C@@]2(C)C1. The van der Waals surface area contributed by atoms with Gasteiger partial charge in [0.2, 0.25) is 0 Å². The first kappa shape index (κ1) is 10.6. The fourth-order valence-electron chi connectivity index (χ4n) is 4.21. The van der Waals surface area contributed by atoms with E-state index in [1.807, 2.05) is 0 Å². The highest BCUT2D eigenvalue weighted by Crippen LogP contribution is 2.46. The number of nitrogens with one attached hydrogen (secondary N) is 2. The molecule has 0 spiro atoms. The maximum atomic E-state index is 3.77. The predicted molar refractivity (Wildman–Crippen MR) is 74.9 cm³/mol. The summed E-state index contributed by atoms with van der Waals surface area (Å²) in [6, 6.07) is 7.34. The lowest BCUT2D eigenvalue weighted by Crippen LogP contribution is -2.56. The first-order valence-electron chi connectivity index (χ1n) is 7.01. The third-order valence-electron chi connectivity index (χ3n) is 5.08. The molecule has 1 aliphatic carbocycles. The zero-order valence-corrected chi connectivity index (χ0v) is 11.1. The van der Waals surface area contributed by atoms with Crippen LogP contribution in [0.4, 0.5) is 0 Å². The Labute approximate surface area is 108 Å². The number of H-pyrrole nitrogens is 1. The third-order valence-corrected chi connectivity index (χ3v) is 5.08. The molecule has 0 amide bonds. The first-order valence-corrected chi connectivity index (χ1v) is 7.01. The second kappa shape index (κ2) is 3.39. The summed E-state index contributed by atoms with van der Waals surface area (Å²) in [5, 5.41) is 5.26. The number of aromatic amines is 1. The van der Waals surface area contributed by atoms with E-state index in [1.54, 1.807) is 5.56 Å². The van der Waals surface area contributed by atoms with Gasteiger partial charge in [0.05, 0.1) is 0 Å². The topological polar surface area (TPSA) is 27.8 Å². The molecule has 0 bridgehead atoms. The highest BCUT2D eigenvalue weighted by Gasteiger charge is 2.44. The molecule has 18 heavy (non-hydrogen) atoms. The monoisotopic (exact) mass is 240 g/mol. The minimum absolute atomic E-state index is 0.298. The molecule has 2 aromatic rings. The molecule has 2 heteroatoms. The normalized spacial score (nSPS) is 34.6. The summed E-state index contributed by atoms with van der Waals surface area (Å²) in [7, 11) is 0. The van der Waals surface area contributed by atoms with Gasteiger partial charge in [-0.2, -0.15) is 0 Å². The molecule has 0 radical (unpaired) electrons. The van der Waals surface area contributed by atoms with Gasteiger partial charge in [-0.25, -0.2) is 0 Å². The zero-order chi connectivity index (χ0) is 12.3. The van der Waals surface area contributed by atoms with Crippen molar-refractivity contribution in [1.82, 2.24) is 10.3 Å². The summed E-state index contributed by atoms with van der Waals surface area (Å²) in [5.74, 6) is 0.766. The lowest BCUT2D eigenvalue weighted by molar-refractivity contribution is 0.195. The van der Waals surface area contributed by atoms with Crippen LogP contribution in [0, 0.1) is 5.92 Å². The molecule has 2 aliphatic rings. The third kappa shape index (κ3) is 1.22. The van der Waals surface area contributed by atoms with Crippen molar-refractivity contribution in [1.29, 1.82) is 0 Å². The number of aromatic nitrogens is 1. The largest absolute Gasteiger partial charge is 0.361 e. The molecule has 2 N–H and O–H groups in total. The van der Waals surface area contributed by atoms with Crippen molar-refractivity contribution in [2.75, 3.05) is 6.54 Å². The van der Waals surface area contributed by atoms with E-state index >= 15 is 0 Å². The number of benzene rings is 1. The Morgan fingerprint density at radius 2 is 2.22 bits per heavy atom. The quantitative estimate of drug-likeness (QED) is 0.728. The molecular formula is C16H20N2. The van der Waals surface area contributed by atoms with Crippen LogP contribution in [0.5, 0.6) is 0 Å². The fraction of sp³-hybridized carbons (Fsp3) is 0.500. The molecule has 1 fully saturated rings. The van der Waals surface area contributed by atoms with Crippen molar-refractivity contribution in [2.45, 2.75) is 38.1 Å². The smallest absolute Gasteiger partial charge is 0.0459 e. The number of rotatable bonds is 0. The van der Waals surface area contributed by atoms with E-state index < -0.39 is 0 Å². The molecule has 1 saturated heterocycles. The Balaban J connectivity index is 1.99. The first-order chi connectivity index (χ1) is 8.68. The summed E-state index contributed by atoms with van der Waals surface area (Å²) >= 11 is 0. The van der Waals surface area contributed by atoms with E-state index in [0.717, 1.165) is 12.5 Å². The molecule has 2 heterocycles. The molecule has 0 unspecified atom stereocenters. The van der Waals surface area contributed by atoms with Gasteiger partial charge < -0.3 is 10.3 Å².